The third-order valence-electron chi connectivity index (χ3n) is 4.97. The molecule has 0 aliphatic carbocycles. The highest BCUT2D eigenvalue weighted by Crippen LogP contribution is 2.20. The molecule has 4 heteroatoms. The van der Waals surface area contributed by atoms with Gasteiger partial charge >= 0.3 is 0 Å². The zero-order valence-electron chi connectivity index (χ0n) is 14.1. The zero-order chi connectivity index (χ0) is 16.4. The number of hydrogen-bond donors (Lipinski definition) is 2. The highest BCUT2D eigenvalue weighted by Gasteiger charge is 2.20. The van der Waals surface area contributed by atoms with E-state index in [2.05, 4.69) is 57.4 Å². The van der Waals surface area contributed by atoms with Crippen LogP contribution in [0.3, 0.4) is 0 Å². The van der Waals surface area contributed by atoms with Crippen LogP contribution in [-0.2, 0) is 6.54 Å². The Morgan fingerprint density at radius 2 is 1.83 bits per heavy atom. The van der Waals surface area contributed by atoms with Crippen LogP contribution in [0, 0.1) is 6.92 Å². The molecule has 1 saturated heterocycles. The van der Waals surface area contributed by atoms with Crippen LogP contribution in [0.5, 0.6) is 0 Å². The number of likely N-dealkylation sites (tertiary alicyclic amines) is 1. The molecule has 0 spiro atoms. The Labute approximate surface area is 142 Å². The van der Waals surface area contributed by atoms with Crippen molar-refractivity contribution in [2.24, 2.45) is 0 Å². The molecule has 1 aliphatic heterocycles. The number of para-hydroxylation sites is 2. The van der Waals surface area contributed by atoms with Crippen molar-refractivity contribution in [2.75, 3.05) is 18.4 Å². The number of imidazole rings is 1. The van der Waals surface area contributed by atoms with Crippen LogP contribution < -0.4 is 5.32 Å². The highest BCUT2D eigenvalue weighted by molar-refractivity contribution is 5.77. The summed E-state index contributed by atoms with van der Waals surface area (Å²) < 4.78 is 0. The molecule has 1 aromatic heterocycles. The van der Waals surface area contributed by atoms with Gasteiger partial charge in [0, 0.05) is 25.7 Å². The second-order valence-electron chi connectivity index (χ2n) is 6.72. The van der Waals surface area contributed by atoms with E-state index in [1.165, 1.54) is 11.1 Å². The molecule has 124 valence electrons. The number of H-pyrrole nitrogens is 1. The summed E-state index contributed by atoms with van der Waals surface area (Å²) in [5.74, 6) is 0.897. The Balaban J connectivity index is 1.33. The number of aromatic nitrogens is 2. The maximum Gasteiger partial charge on any atom is 0.201 e. The average molecular weight is 320 g/mol. The van der Waals surface area contributed by atoms with Crippen LogP contribution in [0.4, 0.5) is 5.95 Å². The summed E-state index contributed by atoms with van der Waals surface area (Å²) in [5.41, 5.74) is 4.95. The second-order valence-corrected chi connectivity index (χ2v) is 6.72. The molecule has 4 nitrogen and oxygen atoms in total. The molecular formula is C20H24N4. The minimum Gasteiger partial charge on any atom is -0.353 e. The Hall–Kier alpha value is -2.33. The van der Waals surface area contributed by atoms with Gasteiger partial charge in [0.05, 0.1) is 11.0 Å². The van der Waals surface area contributed by atoms with E-state index in [1.54, 1.807) is 0 Å². The third kappa shape index (κ3) is 3.29. The normalized spacial score (nSPS) is 16.5. The first kappa shape index (κ1) is 15.2. The smallest absolute Gasteiger partial charge is 0.201 e. The van der Waals surface area contributed by atoms with Gasteiger partial charge in [0.1, 0.15) is 0 Å². The summed E-state index contributed by atoms with van der Waals surface area (Å²) in [5, 5.41) is 3.57. The fourth-order valence-electron chi connectivity index (χ4n) is 3.48. The average Bonchev–Trinajstić information content (AvgIpc) is 3.01. The van der Waals surface area contributed by atoms with Gasteiger partial charge in [0.25, 0.3) is 0 Å². The predicted molar refractivity (Wildman–Crippen MR) is 99.2 cm³/mol. The van der Waals surface area contributed by atoms with Crippen molar-refractivity contribution >= 4 is 17.0 Å². The number of hydrogen-bond acceptors (Lipinski definition) is 3. The van der Waals surface area contributed by atoms with Crippen molar-refractivity contribution < 1.29 is 0 Å². The quantitative estimate of drug-likeness (QED) is 0.765. The number of anilines is 1. The van der Waals surface area contributed by atoms with Gasteiger partial charge in [0.15, 0.2) is 0 Å². The van der Waals surface area contributed by atoms with Crippen LogP contribution in [0.25, 0.3) is 11.0 Å². The van der Waals surface area contributed by atoms with E-state index in [4.69, 9.17) is 0 Å². The van der Waals surface area contributed by atoms with Crippen molar-refractivity contribution in [3.63, 3.8) is 0 Å². The molecule has 24 heavy (non-hydrogen) atoms. The van der Waals surface area contributed by atoms with Gasteiger partial charge in [-0.1, -0.05) is 36.4 Å². The van der Waals surface area contributed by atoms with Gasteiger partial charge in [-0.3, -0.25) is 4.90 Å². The van der Waals surface area contributed by atoms with Crippen LogP contribution in [-0.4, -0.2) is 34.0 Å². The molecule has 0 radical (unpaired) electrons. The lowest BCUT2D eigenvalue weighted by Gasteiger charge is -2.32. The number of nitrogens with one attached hydrogen (secondary N) is 2. The number of fused-ring (bicyclic) bond motifs is 1. The van der Waals surface area contributed by atoms with Gasteiger partial charge in [-0.2, -0.15) is 0 Å². The predicted octanol–water partition coefficient (Wildman–Crippen LogP) is 3.95. The minimum atomic E-state index is 0.499. The molecule has 2 N–H and O–H groups in total. The van der Waals surface area contributed by atoms with Crippen molar-refractivity contribution in [1.29, 1.82) is 0 Å². The molecule has 4 rings (SSSR count). The van der Waals surface area contributed by atoms with Crippen molar-refractivity contribution in [1.82, 2.24) is 14.9 Å². The largest absolute Gasteiger partial charge is 0.353 e. The van der Waals surface area contributed by atoms with Crippen LogP contribution in [0.15, 0.2) is 48.5 Å². The number of benzene rings is 2. The van der Waals surface area contributed by atoms with Gasteiger partial charge in [-0.15, -0.1) is 0 Å². The molecule has 0 saturated carbocycles. The van der Waals surface area contributed by atoms with E-state index < -0.39 is 0 Å². The van der Waals surface area contributed by atoms with Crippen LogP contribution >= 0.6 is 0 Å². The van der Waals surface area contributed by atoms with E-state index in [0.717, 1.165) is 49.5 Å². The molecule has 1 aliphatic rings. The van der Waals surface area contributed by atoms with Crippen molar-refractivity contribution in [2.45, 2.75) is 32.4 Å². The summed E-state index contributed by atoms with van der Waals surface area (Å²) >= 11 is 0. The lowest BCUT2D eigenvalue weighted by molar-refractivity contribution is 0.210. The lowest BCUT2D eigenvalue weighted by atomic mass is 10.0. The summed E-state index contributed by atoms with van der Waals surface area (Å²) in [6.45, 7) is 5.52. The van der Waals surface area contributed by atoms with E-state index >= 15 is 0 Å². The summed E-state index contributed by atoms with van der Waals surface area (Å²) in [6.07, 6.45) is 2.31. The summed E-state index contributed by atoms with van der Waals surface area (Å²) in [7, 11) is 0. The maximum atomic E-state index is 4.62. The van der Waals surface area contributed by atoms with E-state index in [9.17, 15) is 0 Å². The Morgan fingerprint density at radius 1 is 1.08 bits per heavy atom. The number of piperidine rings is 1. The van der Waals surface area contributed by atoms with E-state index in [-0.39, 0.29) is 0 Å². The SMILES string of the molecule is Cc1ccccc1CN1CCC(Nc2nc3ccccc3[nH]2)CC1. The lowest BCUT2D eigenvalue weighted by Crippen LogP contribution is -2.38. The first-order valence-electron chi connectivity index (χ1n) is 8.76. The minimum absolute atomic E-state index is 0.499. The molecule has 3 aromatic rings. The topological polar surface area (TPSA) is 44.0 Å². The molecule has 0 unspecified atom stereocenters. The number of rotatable bonds is 4. The zero-order valence-corrected chi connectivity index (χ0v) is 14.1. The maximum absolute atomic E-state index is 4.62. The molecule has 1 fully saturated rings. The fourth-order valence-corrected chi connectivity index (χ4v) is 3.48. The molecule has 0 amide bonds. The molecule has 0 atom stereocenters. The molecule has 0 bridgehead atoms. The standard InChI is InChI=1S/C20H24N4/c1-15-6-2-3-7-16(15)14-24-12-10-17(11-13-24)21-20-22-18-8-4-5-9-19(18)23-20/h2-9,17H,10-14H2,1H3,(H2,21,22,23). The van der Waals surface area contributed by atoms with Gasteiger partial charge in [0.2, 0.25) is 5.95 Å². The Morgan fingerprint density at radius 3 is 2.62 bits per heavy atom. The third-order valence-corrected chi connectivity index (χ3v) is 4.97. The van der Waals surface area contributed by atoms with Crippen LogP contribution in [0.1, 0.15) is 24.0 Å². The number of nitrogens with zero attached hydrogens (tertiary/aromatic N) is 2. The van der Waals surface area contributed by atoms with Crippen LogP contribution in [0.2, 0.25) is 0 Å². The van der Waals surface area contributed by atoms with Crippen molar-refractivity contribution in [3.05, 3.63) is 59.7 Å². The van der Waals surface area contributed by atoms with E-state index in [1.807, 2.05) is 18.2 Å². The number of aryl methyl sites for hydroxylation is 1. The summed E-state index contributed by atoms with van der Waals surface area (Å²) in [6, 6.07) is 17.4. The van der Waals surface area contributed by atoms with Gasteiger partial charge in [-0.25, -0.2) is 4.98 Å². The molecular weight excluding hydrogens is 296 g/mol. The Bertz CT molecular complexity index is 782. The monoisotopic (exact) mass is 320 g/mol. The molecule has 2 aromatic carbocycles. The Kier molecular flexibility index (Phi) is 4.22. The first-order valence-corrected chi connectivity index (χ1v) is 8.76. The molecule has 2 heterocycles. The first-order chi connectivity index (χ1) is 11.8. The second kappa shape index (κ2) is 6.65. The highest BCUT2D eigenvalue weighted by atomic mass is 15.2. The fraction of sp³-hybridized carbons (Fsp3) is 0.350. The van der Waals surface area contributed by atoms with Gasteiger partial charge < -0.3 is 10.3 Å². The number of aromatic amines is 1. The van der Waals surface area contributed by atoms with Crippen molar-refractivity contribution in [3.8, 4) is 0 Å². The van der Waals surface area contributed by atoms with Gasteiger partial charge in [-0.05, 0) is 43.0 Å². The summed E-state index contributed by atoms with van der Waals surface area (Å²) in [4.78, 5) is 10.5. The van der Waals surface area contributed by atoms with E-state index in [0.29, 0.717) is 6.04 Å².